The van der Waals surface area contributed by atoms with E-state index in [0.29, 0.717) is 5.41 Å². The highest BCUT2D eigenvalue weighted by molar-refractivity contribution is 5.92. The second kappa shape index (κ2) is 4.96. The van der Waals surface area contributed by atoms with Crippen LogP contribution in [0.4, 0.5) is 0 Å². The largest absolute Gasteiger partial charge is 0.393 e. The number of nitrogens with two attached hydrogens (primary N) is 1. The van der Waals surface area contributed by atoms with Crippen molar-refractivity contribution >= 4 is 5.71 Å². The molecular weight excluding hydrogens is 272 g/mol. The van der Waals surface area contributed by atoms with Crippen LogP contribution < -0.4 is 5.84 Å². The first-order valence-corrected chi connectivity index (χ1v) is 9.44. The van der Waals surface area contributed by atoms with Crippen molar-refractivity contribution in [1.29, 1.82) is 0 Å². The summed E-state index contributed by atoms with van der Waals surface area (Å²) in [6.07, 6.45) is 11.0. The fraction of sp³-hybridized carbons (Fsp3) is 0.947. The molecule has 3 heteroatoms. The second-order valence-corrected chi connectivity index (χ2v) is 9.16. The number of rotatable bonds is 0. The lowest BCUT2D eigenvalue weighted by Gasteiger charge is -2.60. The fourth-order valence-electron chi connectivity index (χ4n) is 7.24. The molecule has 0 bridgehead atoms. The molecule has 124 valence electrons. The zero-order valence-electron chi connectivity index (χ0n) is 14.2. The van der Waals surface area contributed by atoms with E-state index in [9.17, 15) is 5.11 Å². The lowest BCUT2D eigenvalue weighted by atomic mass is 9.45. The Bertz CT molecular complexity index is 490. The standard InChI is InChI=1S/C19H32N2O/c1-18-9-7-13(22)11-12(18)3-4-14-15-5-6-17(21-20)19(15,2)10-8-16(14)18/h12-16,22H,3-11,20H2,1-2H3/b21-17-/t12-,13+,14+,15+,16+,18+,19+/m1/s1. The molecule has 0 aromatic carbocycles. The molecule has 0 spiro atoms. The van der Waals surface area contributed by atoms with Crippen molar-refractivity contribution in [2.75, 3.05) is 0 Å². The van der Waals surface area contributed by atoms with Gasteiger partial charge in [-0.15, -0.1) is 0 Å². The monoisotopic (exact) mass is 304 g/mol. The molecule has 4 saturated carbocycles. The Balaban J connectivity index is 1.63. The molecule has 0 amide bonds. The molecule has 4 rings (SSSR count). The summed E-state index contributed by atoms with van der Waals surface area (Å²) in [5.41, 5.74) is 2.06. The van der Waals surface area contributed by atoms with Crippen molar-refractivity contribution in [2.24, 2.45) is 45.4 Å². The van der Waals surface area contributed by atoms with Crippen molar-refractivity contribution in [3.05, 3.63) is 0 Å². The molecular formula is C19H32N2O. The zero-order chi connectivity index (χ0) is 15.5. The van der Waals surface area contributed by atoms with Gasteiger partial charge in [-0.3, -0.25) is 0 Å². The van der Waals surface area contributed by atoms with Crippen molar-refractivity contribution in [3.8, 4) is 0 Å². The lowest BCUT2D eigenvalue weighted by molar-refractivity contribution is -0.113. The highest BCUT2D eigenvalue weighted by atomic mass is 16.3. The number of aliphatic hydroxyl groups is 1. The zero-order valence-corrected chi connectivity index (χ0v) is 14.2. The Hall–Kier alpha value is -0.570. The fourth-order valence-corrected chi connectivity index (χ4v) is 7.24. The van der Waals surface area contributed by atoms with Crippen molar-refractivity contribution < 1.29 is 5.11 Å². The van der Waals surface area contributed by atoms with E-state index in [0.717, 1.165) is 42.9 Å². The van der Waals surface area contributed by atoms with Gasteiger partial charge in [-0.2, -0.15) is 5.10 Å². The maximum atomic E-state index is 10.1. The van der Waals surface area contributed by atoms with E-state index in [2.05, 4.69) is 18.9 Å². The first-order valence-electron chi connectivity index (χ1n) is 9.44. The van der Waals surface area contributed by atoms with Crippen LogP contribution in [0, 0.1) is 34.5 Å². The Kier molecular flexibility index (Phi) is 3.38. The van der Waals surface area contributed by atoms with Gasteiger partial charge >= 0.3 is 0 Å². The predicted molar refractivity (Wildman–Crippen MR) is 89.4 cm³/mol. The van der Waals surface area contributed by atoms with Crippen LogP contribution in [0.1, 0.15) is 71.6 Å². The quantitative estimate of drug-likeness (QED) is 0.529. The molecule has 0 aromatic rings. The molecule has 22 heavy (non-hydrogen) atoms. The molecule has 0 heterocycles. The van der Waals surface area contributed by atoms with Gasteiger partial charge in [0.25, 0.3) is 0 Å². The molecule has 4 aliphatic rings. The Morgan fingerprint density at radius 2 is 1.86 bits per heavy atom. The third-order valence-electron chi connectivity index (χ3n) is 8.53. The van der Waals surface area contributed by atoms with E-state index >= 15 is 0 Å². The minimum atomic E-state index is -0.0362. The molecule has 4 aliphatic carbocycles. The maximum absolute atomic E-state index is 10.1. The van der Waals surface area contributed by atoms with Gasteiger partial charge in [0.15, 0.2) is 0 Å². The summed E-state index contributed by atoms with van der Waals surface area (Å²) in [5, 5.41) is 14.3. The Morgan fingerprint density at radius 3 is 2.64 bits per heavy atom. The summed E-state index contributed by atoms with van der Waals surface area (Å²) in [6.45, 7) is 4.99. The number of nitrogens with zero attached hydrogens (tertiary/aromatic N) is 1. The Labute approximate surface area is 134 Å². The van der Waals surface area contributed by atoms with Crippen LogP contribution in [-0.2, 0) is 0 Å². The van der Waals surface area contributed by atoms with E-state index in [-0.39, 0.29) is 11.5 Å². The molecule has 0 radical (unpaired) electrons. The summed E-state index contributed by atoms with van der Waals surface area (Å²) in [4.78, 5) is 0. The summed E-state index contributed by atoms with van der Waals surface area (Å²) < 4.78 is 0. The van der Waals surface area contributed by atoms with Crippen LogP contribution in [-0.4, -0.2) is 16.9 Å². The van der Waals surface area contributed by atoms with Crippen LogP contribution in [0.15, 0.2) is 5.10 Å². The van der Waals surface area contributed by atoms with Gasteiger partial charge < -0.3 is 10.9 Å². The highest BCUT2D eigenvalue weighted by Gasteiger charge is 2.59. The van der Waals surface area contributed by atoms with E-state index in [1.165, 1.54) is 44.2 Å². The van der Waals surface area contributed by atoms with Gasteiger partial charge in [-0.05, 0) is 86.9 Å². The molecule has 0 aliphatic heterocycles. The van der Waals surface area contributed by atoms with Crippen molar-refractivity contribution in [1.82, 2.24) is 0 Å². The van der Waals surface area contributed by atoms with E-state index in [1.54, 1.807) is 0 Å². The van der Waals surface area contributed by atoms with Crippen LogP contribution in [0.2, 0.25) is 0 Å². The van der Waals surface area contributed by atoms with Crippen LogP contribution in [0.25, 0.3) is 0 Å². The lowest BCUT2D eigenvalue weighted by Crippen LogP contribution is -2.54. The average Bonchev–Trinajstić information content (AvgIpc) is 2.84. The van der Waals surface area contributed by atoms with E-state index in [4.69, 9.17) is 5.84 Å². The number of hydrazone groups is 1. The molecule has 0 aromatic heterocycles. The van der Waals surface area contributed by atoms with E-state index in [1.807, 2.05) is 0 Å². The normalized spacial score (nSPS) is 56.3. The first-order chi connectivity index (χ1) is 10.5. The Morgan fingerprint density at radius 1 is 1.05 bits per heavy atom. The smallest absolute Gasteiger partial charge is 0.0543 e. The van der Waals surface area contributed by atoms with Gasteiger partial charge in [-0.1, -0.05) is 13.8 Å². The van der Waals surface area contributed by atoms with E-state index < -0.39 is 0 Å². The molecule has 3 N–H and O–H groups in total. The van der Waals surface area contributed by atoms with Crippen LogP contribution >= 0.6 is 0 Å². The summed E-state index contributed by atoms with van der Waals surface area (Å²) in [5.74, 6) is 9.00. The SMILES string of the molecule is C[C@]12CC[C@H](O)C[C@H]1CC[C@@H]1[C@@H]2CC[C@]2(C)/C(=N\N)CC[C@@H]12. The molecule has 4 fully saturated rings. The van der Waals surface area contributed by atoms with Gasteiger partial charge in [0.05, 0.1) is 6.10 Å². The topological polar surface area (TPSA) is 58.6 Å². The third-order valence-corrected chi connectivity index (χ3v) is 8.53. The number of hydrogen-bond donors (Lipinski definition) is 2. The van der Waals surface area contributed by atoms with Gasteiger partial charge in [0.1, 0.15) is 0 Å². The number of hydrogen-bond acceptors (Lipinski definition) is 3. The summed E-state index contributed by atoms with van der Waals surface area (Å²) in [6, 6.07) is 0. The van der Waals surface area contributed by atoms with Crippen LogP contribution in [0.5, 0.6) is 0 Å². The average molecular weight is 304 g/mol. The molecule has 0 saturated heterocycles. The molecule has 3 nitrogen and oxygen atoms in total. The maximum Gasteiger partial charge on any atom is 0.0543 e. The first kappa shape index (κ1) is 15.0. The predicted octanol–water partition coefficient (Wildman–Crippen LogP) is 3.70. The number of fused-ring (bicyclic) bond motifs is 5. The summed E-state index contributed by atoms with van der Waals surface area (Å²) in [7, 11) is 0. The highest BCUT2D eigenvalue weighted by Crippen LogP contribution is 2.65. The van der Waals surface area contributed by atoms with Crippen molar-refractivity contribution in [3.63, 3.8) is 0 Å². The van der Waals surface area contributed by atoms with Crippen LogP contribution in [0.3, 0.4) is 0 Å². The van der Waals surface area contributed by atoms with Gasteiger partial charge in [-0.25, -0.2) is 0 Å². The molecule has 7 atom stereocenters. The second-order valence-electron chi connectivity index (χ2n) is 9.16. The minimum Gasteiger partial charge on any atom is -0.393 e. The summed E-state index contributed by atoms with van der Waals surface area (Å²) >= 11 is 0. The van der Waals surface area contributed by atoms with Gasteiger partial charge in [0.2, 0.25) is 0 Å². The number of aliphatic hydroxyl groups excluding tert-OH is 1. The third kappa shape index (κ3) is 1.87. The van der Waals surface area contributed by atoms with Gasteiger partial charge in [0, 0.05) is 11.1 Å². The molecule has 0 unspecified atom stereocenters. The minimum absolute atomic E-state index is 0.0362. The van der Waals surface area contributed by atoms with Crippen molar-refractivity contribution in [2.45, 2.75) is 77.7 Å².